The van der Waals surface area contributed by atoms with Crippen LogP contribution in [-0.4, -0.2) is 14.8 Å². The van der Waals surface area contributed by atoms with Gasteiger partial charge in [0.15, 0.2) is 0 Å². The number of fused-ring (bicyclic) bond motifs is 1. The van der Waals surface area contributed by atoms with E-state index in [0.29, 0.717) is 5.92 Å². The van der Waals surface area contributed by atoms with Crippen molar-refractivity contribution in [2.45, 2.75) is 19.8 Å². The van der Waals surface area contributed by atoms with Gasteiger partial charge in [-0.2, -0.15) is 0 Å². The number of para-hydroxylation sites is 1. The van der Waals surface area contributed by atoms with Crippen molar-refractivity contribution in [2.75, 3.05) is 0 Å². The number of thiazole rings is 1. The van der Waals surface area contributed by atoms with Crippen LogP contribution in [0.3, 0.4) is 0 Å². The number of nitrogens with one attached hydrogen (secondary N) is 1. The molecule has 0 bridgehead atoms. The summed E-state index contributed by atoms with van der Waals surface area (Å²) in [6.07, 6.45) is 0. The predicted octanol–water partition coefficient (Wildman–Crippen LogP) is 4.27. The van der Waals surface area contributed by atoms with Crippen LogP contribution in [0.15, 0.2) is 30.3 Å². The number of hydrogen-bond acceptors (Lipinski definition) is 3. The maximum atomic E-state index is 5.38. The van der Waals surface area contributed by atoms with E-state index >= 15 is 0 Å². The predicted molar refractivity (Wildman–Crippen MR) is 78.2 cm³/mol. The maximum absolute atomic E-state index is 5.38. The molecule has 0 radical (unpaired) electrons. The van der Waals surface area contributed by atoms with E-state index in [4.69, 9.17) is 12.2 Å². The number of nitrogens with zero attached hydrogens (tertiary/aromatic N) is 2. The van der Waals surface area contributed by atoms with Gasteiger partial charge in [0.05, 0.1) is 10.2 Å². The van der Waals surface area contributed by atoms with Crippen LogP contribution in [-0.2, 0) is 0 Å². The summed E-state index contributed by atoms with van der Waals surface area (Å²) in [6.45, 7) is 4.28. The van der Waals surface area contributed by atoms with Crippen molar-refractivity contribution in [1.82, 2.24) is 14.8 Å². The zero-order valence-corrected chi connectivity index (χ0v) is 11.8. The Morgan fingerprint density at radius 3 is 2.78 bits per heavy atom. The number of hydrogen-bond donors (Lipinski definition) is 1. The van der Waals surface area contributed by atoms with E-state index in [1.54, 1.807) is 11.3 Å². The highest BCUT2D eigenvalue weighted by Gasteiger charge is 2.09. The van der Waals surface area contributed by atoms with E-state index in [1.807, 2.05) is 28.9 Å². The van der Waals surface area contributed by atoms with Gasteiger partial charge in [0.25, 0.3) is 0 Å². The quantitative estimate of drug-likeness (QED) is 0.709. The Morgan fingerprint density at radius 2 is 2.11 bits per heavy atom. The fourth-order valence-corrected chi connectivity index (χ4v) is 3.07. The third kappa shape index (κ3) is 1.89. The normalized spacial score (nSPS) is 11.5. The number of rotatable bonds is 2. The number of benzene rings is 1. The molecule has 0 unspecified atom stereocenters. The molecule has 18 heavy (non-hydrogen) atoms. The summed E-state index contributed by atoms with van der Waals surface area (Å²) in [4.78, 5) is 4.60. The van der Waals surface area contributed by atoms with Crippen LogP contribution in [0.1, 0.15) is 25.5 Å². The van der Waals surface area contributed by atoms with Crippen molar-refractivity contribution in [1.29, 1.82) is 0 Å². The summed E-state index contributed by atoms with van der Waals surface area (Å²) in [5, 5.41) is 4.21. The largest absolute Gasteiger partial charge is 0.295 e. The minimum Gasteiger partial charge on any atom is -0.295 e. The maximum Gasteiger partial charge on any atom is 0.210 e. The standard InChI is InChI=1S/C13H13N3S2/c1-8(2)10-7-12(17)16(15-10)13-14-9-5-3-4-6-11(9)18-13/h3-8,15H,1-2H3. The molecule has 2 aromatic heterocycles. The lowest BCUT2D eigenvalue weighted by atomic mass is 10.1. The van der Waals surface area contributed by atoms with E-state index in [-0.39, 0.29) is 0 Å². The van der Waals surface area contributed by atoms with Crippen LogP contribution >= 0.6 is 23.6 Å². The van der Waals surface area contributed by atoms with Crippen molar-refractivity contribution in [2.24, 2.45) is 0 Å². The summed E-state index contributed by atoms with van der Waals surface area (Å²) in [6, 6.07) is 10.1. The average molecular weight is 275 g/mol. The van der Waals surface area contributed by atoms with Gasteiger partial charge < -0.3 is 0 Å². The van der Waals surface area contributed by atoms with Crippen LogP contribution in [0.4, 0.5) is 0 Å². The molecule has 0 spiro atoms. The van der Waals surface area contributed by atoms with Crippen molar-refractivity contribution in [3.8, 4) is 5.13 Å². The van der Waals surface area contributed by atoms with E-state index in [0.717, 1.165) is 21.0 Å². The summed E-state index contributed by atoms with van der Waals surface area (Å²) < 4.78 is 3.84. The van der Waals surface area contributed by atoms with Crippen LogP contribution < -0.4 is 0 Å². The topological polar surface area (TPSA) is 33.6 Å². The second-order valence-corrected chi connectivity index (χ2v) is 5.93. The number of aromatic amines is 1. The Morgan fingerprint density at radius 1 is 1.33 bits per heavy atom. The molecule has 0 amide bonds. The molecule has 2 heterocycles. The first-order valence-electron chi connectivity index (χ1n) is 5.83. The second kappa shape index (κ2) is 4.33. The minimum atomic E-state index is 0.433. The molecule has 5 heteroatoms. The van der Waals surface area contributed by atoms with Crippen LogP contribution in [0.25, 0.3) is 15.3 Å². The summed E-state index contributed by atoms with van der Waals surface area (Å²) in [5.41, 5.74) is 2.15. The van der Waals surface area contributed by atoms with Gasteiger partial charge in [0.2, 0.25) is 5.13 Å². The third-order valence-corrected chi connectivity index (χ3v) is 4.16. The zero-order chi connectivity index (χ0) is 12.7. The smallest absolute Gasteiger partial charge is 0.210 e. The van der Waals surface area contributed by atoms with Crippen molar-refractivity contribution < 1.29 is 0 Å². The van der Waals surface area contributed by atoms with Crippen molar-refractivity contribution in [3.05, 3.63) is 40.7 Å². The first kappa shape index (κ1) is 11.6. The van der Waals surface area contributed by atoms with Crippen LogP contribution in [0.5, 0.6) is 0 Å². The Kier molecular flexibility index (Phi) is 2.80. The molecule has 1 N–H and O–H groups in total. The lowest BCUT2D eigenvalue weighted by molar-refractivity contribution is 0.763. The lowest BCUT2D eigenvalue weighted by Crippen LogP contribution is -1.97. The van der Waals surface area contributed by atoms with Crippen LogP contribution in [0, 0.1) is 4.64 Å². The lowest BCUT2D eigenvalue weighted by Gasteiger charge is -2.00. The molecule has 0 fully saturated rings. The highest BCUT2D eigenvalue weighted by atomic mass is 32.1. The first-order valence-corrected chi connectivity index (χ1v) is 7.05. The SMILES string of the molecule is CC(C)c1cc(=S)n(-c2nc3ccccc3s2)[nH]1. The monoisotopic (exact) mass is 275 g/mol. The van der Waals surface area contributed by atoms with Crippen LogP contribution in [0.2, 0.25) is 0 Å². The molecule has 3 aromatic rings. The number of aromatic nitrogens is 3. The van der Waals surface area contributed by atoms with Gasteiger partial charge in [-0.3, -0.25) is 5.10 Å². The molecule has 0 aliphatic carbocycles. The molecule has 0 saturated carbocycles. The molecule has 0 aliphatic rings. The van der Waals surface area contributed by atoms with E-state index in [9.17, 15) is 0 Å². The Hall–Kier alpha value is -1.46. The second-order valence-electron chi connectivity index (χ2n) is 4.50. The summed E-state index contributed by atoms with van der Waals surface area (Å²) in [5.74, 6) is 0.433. The fourth-order valence-electron chi connectivity index (χ4n) is 1.81. The zero-order valence-electron chi connectivity index (χ0n) is 10.2. The Bertz CT molecular complexity index is 716. The van der Waals surface area contributed by atoms with E-state index in [1.165, 1.54) is 4.70 Å². The van der Waals surface area contributed by atoms with E-state index < -0.39 is 0 Å². The van der Waals surface area contributed by atoms with Gasteiger partial charge in [-0.05, 0) is 24.1 Å². The molecule has 92 valence electrons. The molecule has 0 atom stereocenters. The van der Waals surface area contributed by atoms with Crippen molar-refractivity contribution >= 4 is 33.8 Å². The highest BCUT2D eigenvalue weighted by molar-refractivity contribution is 7.71. The number of H-pyrrole nitrogens is 1. The van der Waals surface area contributed by atoms with Gasteiger partial charge in [-0.15, -0.1) is 0 Å². The molecule has 1 aromatic carbocycles. The molecular formula is C13H13N3S2. The first-order chi connectivity index (χ1) is 8.65. The van der Waals surface area contributed by atoms with Gasteiger partial charge in [0.1, 0.15) is 4.64 Å². The third-order valence-electron chi connectivity index (χ3n) is 2.84. The summed E-state index contributed by atoms with van der Waals surface area (Å²) >= 11 is 7.02. The van der Waals surface area contributed by atoms with Gasteiger partial charge in [0, 0.05) is 5.69 Å². The minimum absolute atomic E-state index is 0.433. The molecule has 3 rings (SSSR count). The molecule has 0 aliphatic heterocycles. The molecule has 0 saturated heterocycles. The molecule has 3 nitrogen and oxygen atoms in total. The van der Waals surface area contributed by atoms with Gasteiger partial charge in [-0.1, -0.05) is 49.5 Å². The Balaban J connectivity index is 2.17. The highest BCUT2D eigenvalue weighted by Crippen LogP contribution is 2.25. The fraction of sp³-hybridized carbons (Fsp3) is 0.231. The average Bonchev–Trinajstić information content (AvgIpc) is 2.91. The van der Waals surface area contributed by atoms with Gasteiger partial charge >= 0.3 is 0 Å². The van der Waals surface area contributed by atoms with E-state index in [2.05, 4.69) is 30.0 Å². The molecular weight excluding hydrogens is 262 g/mol. The van der Waals surface area contributed by atoms with Gasteiger partial charge in [-0.25, -0.2) is 9.67 Å². The Labute approximate surface area is 114 Å². The summed E-state index contributed by atoms with van der Waals surface area (Å²) in [7, 11) is 0. The van der Waals surface area contributed by atoms with Crippen molar-refractivity contribution in [3.63, 3.8) is 0 Å².